The summed E-state index contributed by atoms with van der Waals surface area (Å²) in [6.07, 6.45) is 0. The number of aryl methyl sites for hydroxylation is 2. The van der Waals surface area contributed by atoms with Crippen LogP contribution in [0.3, 0.4) is 0 Å². The van der Waals surface area contributed by atoms with E-state index in [0.717, 1.165) is 27.5 Å². The van der Waals surface area contributed by atoms with Crippen LogP contribution in [0.4, 0.5) is 5.13 Å². The number of benzene rings is 2. The van der Waals surface area contributed by atoms with Crippen molar-refractivity contribution in [3.05, 3.63) is 76.1 Å². The van der Waals surface area contributed by atoms with Crippen molar-refractivity contribution in [2.45, 2.75) is 13.8 Å². The third-order valence-corrected chi connectivity index (χ3v) is 5.44. The number of carbonyl (C=O) groups excluding carboxylic acids is 1. The summed E-state index contributed by atoms with van der Waals surface area (Å²) in [6.45, 7) is 3.79. The molecule has 0 saturated heterocycles. The summed E-state index contributed by atoms with van der Waals surface area (Å²) in [7, 11) is 1.35. The zero-order valence-electron chi connectivity index (χ0n) is 16.2. The van der Waals surface area contributed by atoms with E-state index in [9.17, 15) is 4.79 Å². The van der Waals surface area contributed by atoms with Gasteiger partial charge in [-0.05, 0) is 26.0 Å². The summed E-state index contributed by atoms with van der Waals surface area (Å²) in [5, 5.41) is 6.69. The molecule has 0 radical (unpaired) electrons. The van der Waals surface area contributed by atoms with Crippen LogP contribution in [0.2, 0.25) is 0 Å². The van der Waals surface area contributed by atoms with Crippen LogP contribution in [0.25, 0.3) is 22.3 Å². The van der Waals surface area contributed by atoms with Crippen molar-refractivity contribution in [1.82, 2.24) is 4.98 Å². The van der Waals surface area contributed by atoms with Gasteiger partial charge >= 0.3 is 5.97 Å². The SMILES string of the molecule is COC(=O)c1sc(N/N=c2/cc(-c3ccccc3)oc3ccc(C)cc23)nc1C. The monoisotopic (exact) mass is 405 g/mol. The third-order valence-electron chi connectivity index (χ3n) is 4.40. The minimum atomic E-state index is -0.404. The van der Waals surface area contributed by atoms with Crippen LogP contribution in [-0.4, -0.2) is 18.1 Å². The van der Waals surface area contributed by atoms with E-state index in [0.29, 0.717) is 21.5 Å². The Morgan fingerprint density at radius 2 is 1.93 bits per heavy atom. The molecule has 4 aromatic rings. The number of nitrogens with zero attached hydrogens (tertiary/aromatic N) is 2. The number of methoxy groups -OCH3 is 1. The largest absolute Gasteiger partial charge is 0.465 e. The minimum Gasteiger partial charge on any atom is -0.465 e. The van der Waals surface area contributed by atoms with E-state index >= 15 is 0 Å². The molecule has 146 valence electrons. The van der Waals surface area contributed by atoms with Gasteiger partial charge in [-0.25, -0.2) is 9.78 Å². The highest BCUT2D eigenvalue weighted by atomic mass is 32.1. The van der Waals surface area contributed by atoms with Crippen LogP contribution in [0, 0.1) is 13.8 Å². The van der Waals surface area contributed by atoms with Crippen molar-refractivity contribution in [1.29, 1.82) is 0 Å². The van der Waals surface area contributed by atoms with Crippen molar-refractivity contribution in [2.75, 3.05) is 12.5 Å². The molecular weight excluding hydrogens is 386 g/mol. The summed E-state index contributed by atoms with van der Waals surface area (Å²) in [5.41, 5.74) is 6.39. The fourth-order valence-electron chi connectivity index (χ4n) is 2.95. The predicted octanol–water partition coefficient (Wildman–Crippen LogP) is 4.89. The highest BCUT2D eigenvalue weighted by molar-refractivity contribution is 7.17. The highest BCUT2D eigenvalue weighted by Gasteiger charge is 2.15. The maximum atomic E-state index is 11.8. The van der Waals surface area contributed by atoms with Crippen LogP contribution in [0.15, 0.2) is 64.1 Å². The van der Waals surface area contributed by atoms with Crippen LogP contribution in [0.1, 0.15) is 20.9 Å². The lowest BCUT2D eigenvalue weighted by molar-refractivity contribution is 0.0605. The maximum absolute atomic E-state index is 11.8. The molecule has 0 aliphatic heterocycles. The molecule has 0 aliphatic rings. The molecule has 0 bridgehead atoms. The number of fused-ring (bicyclic) bond motifs is 1. The van der Waals surface area contributed by atoms with Crippen molar-refractivity contribution >= 4 is 33.4 Å². The zero-order chi connectivity index (χ0) is 20.4. The van der Waals surface area contributed by atoms with E-state index in [4.69, 9.17) is 9.15 Å². The standard InChI is InChI=1S/C22H19N3O3S/c1-13-9-10-18-16(11-13)17(12-19(28-18)15-7-5-4-6-8-15)24-25-22-23-14(2)20(29-22)21(26)27-3/h4-12H,1-3H3,(H,23,25)/b24-17-. The first-order chi connectivity index (χ1) is 14.0. The Hall–Kier alpha value is -3.45. The van der Waals surface area contributed by atoms with Crippen LogP contribution in [-0.2, 0) is 4.74 Å². The van der Waals surface area contributed by atoms with Crippen LogP contribution >= 0.6 is 11.3 Å². The number of anilines is 1. The van der Waals surface area contributed by atoms with Gasteiger partial charge in [0.1, 0.15) is 16.2 Å². The Morgan fingerprint density at radius 3 is 2.69 bits per heavy atom. The Bertz CT molecular complexity index is 1260. The van der Waals surface area contributed by atoms with E-state index in [1.165, 1.54) is 18.4 Å². The Balaban J connectivity index is 1.81. The van der Waals surface area contributed by atoms with Gasteiger partial charge in [-0.1, -0.05) is 53.3 Å². The molecular formula is C22H19N3O3S. The van der Waals surface area contributed by atoms with E-state index in [1.54, 1.807) is 6.92 Å². The van der Waals surface area contributed by atoms with E-state index < -0.39 is 5.97 Å². The second kappa shape index (κ2) is 7.89. The molecule has 1 N–H and O–H groups in total. The Morgan fingerprint density at radius 1 is 1.14 bits per heavy atom. The molecule has 0 unspecified atom stereocenters. The molecule has 0 amide bonds. The van der Waals surface area contributed by atoms with Gasteiger partial charge in [0.15, 0.2) is 0 Å². The van der Waals surface area contributed by atoms with Crippen LogP contribution in [0.5, 0.6) is 0 Å². The van der Waals surface area contributed by atoms with Gasteiger partial charge < -0.3 is 9.15 Å². The van der Waals surface area contributed by atoms with Crippen molar-refractivity contribution in [3.8, 4) is 11.3 Å². The summed E-state index contributed by atoms with van der Waals surface area (Å²) in [6, 6.07) is 17.7. The van der Waals surface area contributed by atoms with Crippen LogP contribution < -0.4 is 10.8 Å². The Kier molecular flexibility index (Phi) is 5.14. The highest BCUT2D eigenvalue weighted by Crippen LogP contribution is 2.24. The lowest BCUT2D eigenvalue weighted by Crippen LogP contribution is -2.07. The van der Waals surface area contributed by atoms with Gasteiger partial charge in [0.05, 0.1) is 18.2 Å². The fourth-order valence-corrected chi connectivity index (χ4v) is 3.78. The van der Waals surface area contributed by atoms with Crippen molar-refractivity contribution < 1.29 is 13.9 Å². The number of esters is 1. The number of hydrogen-bond donors (Lipinski definition) is 1. The lowest BCUT2D eigenvalue weighted by Gasteiger charge is -2.06. The quantitative estimate of drug-likeness (QED) is 0.386. The van der Waals surface area contributed by atoms with Gasteiger partial charge in [0, 0.05) is 17.0 Å². The minimum absolute atomic E-state index is 0.404. The summed E-state index contributed by atoms with van der Waals surface area (Å²) >= 11 is 1.21. The second-order valence-corrected chi connectivity index (χ2v) is 7.51. The number of ether oxygens (including phenoxy) is 1. The van der Waals surface area contributed by atoms with E-state index in [2.05, 4.69) is 15.5 Å². The normalized spacial score (nSPS) is 11.6. The first-order valence-electron chi connectivity index (χ1n) is 9.00. The molecule has 0 saturated carbocycles. The fraction of sp³-hybridized carbons (Fsp3) is 0.136. The molecule has 2 aromatic heterocycles. The number of nitrogens with one attached hydrogen (secondary N) is 1. The molecule has 7 heteroatoms. The number of thiazole rings is 1. The summed E-state index contributed by atoms with van der Waals surface area (Å²) in [5.74, 6) is 0.312. The predicted molar refractivity (Wildman–Crippen MR) is 114 cm³/mol. The van der Waals surface area contributed by atoms with Crippen molar-refractivity contribution in [3.63, 3.8) is 0 Å². The van der Waals surface area contributed by atoms with Gasteiger partial charge in [-0.3, -0.25) is 5.43 Å². The van der Waals surface area contributed by atoms with Gasteiger partial charge in [-0.15, -0.1) is 0 Å². The van der Waals surface area contributed by atoms with Gasteiger partial charge in [-0.2, -0.15) is 5.10 Å². The first-order valence-corrected chi connectivity index (χ1v) is 9.82. The smallest absolute Gasteiger partial charge is 0.350 e. The average molecular weight is 405 g/mol. The number of rotatable bonds is 4. The summed E-state index contributed by atoms with van der Waals surface area (Å²) < 4.78 is 10.9. The second-order valence-electron chi connectivity index (χ2n) is 6.51. The number of aromatic nitrogens is 1. The molecule has 0 fully saturated rings. The molecule has 6 nitrogen and oxygen atoms in total. The first kappa shape index (κ1) is 18.9. The molecule has 2 aromatic carbocycles. The Labute approximate surface area is 171 Å². The zero-order valence-corrected chi connectivity index (χ0v) is 17.0. The molecule has 0 atom stereocenters. The van der Waals surface area contributed by atoms with Crippen molar-refractivity contribution in [2.24, 2.45) is 5.10 Å². The number of hydrogen-bond acceptors (Lipinski definition) is 7. The average Bonchev–Trinajstić information content (AvgIpc) is 3.12. The topological polar surface area (TPSA) is 76.7 Å². The van der Waals surface area contributed by atoms with E-state index in [1.807, 2.05) is 61.5 Å². The molecule has 0 spiro atoms. The van der Waals surface area contributed by atoms with Gasteiger partial charge in [0.2, 0.25) is 5.13 Å². The molecule has 4 rings (SSSR count). The number of carbonyl (C=O) groups is 1. The summed E-state index contributed by atoms with van der Waals surface area (Å²) in [4.78, 5) is 16.6. The third kappa shape index (κ3) is 3.90. The van der Waals surface area contributed by atoms with E-state index in [-0.39, 0.29) is 0 Å². The lowest BCUT2D eigenvalue weighted by atomic mass is 10.1. The van der Waals surface area contributed by atoms with Gasteiger partial charge in [0.25, 0.3) is 0 Å². The maximum Gasteiger partial charge on any atom is 0.350 e. The molecule has 29 heavy (non-hydrogen) atoms. The molecule has 2 heterocycles. The molecule has 0 aliphatic carbocycles.